The lowest BCUT2D eigenvalue weighted by Gasteiger charge is -2.26. The fraction of sp³-hybridized carbons (Fsp3) is 0.615. The predicted molar refractivity (Wildman–Crippen MR) is 84.5 cm³/mol. The third-order valence-electron chi connectivity index (χ3n) is 3.13. The summed E-state index contributed by atoms with van der Waals surface area (Å²) >= 11 is 1.11. The molecule has 0 radical (unpaired) electrons. The Labute approximate surface area is 134 Å². The first-order valence-electron chi connectivity index (χ1n) is 6.94. The van der Waals surface area contributed by atoms with Crippen LogP contribution in [0.3, 0.4) is 0 Å². The second-order valence-electron chi connectivity index (χ2n) is 5.80. The molecule has 1 fully saturated rings. The number of nitrogens with two attached hydrogens (primary N) is 1. The van der Waals surface area contributed by atoms with Crippen molar-refractivity contribution in [1.82, 2.24) is 9.62 Å². The molecule has 0 atom stereocenters. The summed E-state index contributed by atoms with van der Waals surface area (Å²) in [6.45, 7) is 5.17. The van der Waals surface area contributed by atoms with E-state index in [1.165, 1.54) is 10.4 Å². The molecule has 1 aromatic rings. The normalized spacial score (nSPS) is 17.4. The molecule has 2 heterocycles. The molecule has 0 bridgehead atoms. The molecule has 1 aliphatic rings. The van der Waals surface area contributed by atoms with Crippen LogP contribution in [0.2, 0.25) is 0 Å². The Morgan fingerprint density at radius 2 is 2.09 bits per heavy atom. The number of rotatable bonds is 5. The van der Waals surface area contributed by atoms with Crippen molar-refractivity contribution in [2.45, 2.75) is 24.3 Å². The highest BCUT2D eigenvalue weighted by Crippen LogP contribution is 2.25. The maximum absolute atomic E-state index is 12.6. The first kappa shape index (κ1) is 17.4. The molecule has 7 nitrogen and oxygen atoms in total. The molecule has 0 aromatic carbocycles. The van der Waals surface area contributed by atoms with E-state index in [4.69, 9.17) is 10.5 Å². The van der Waals surface area contributed by atoms with E-state index in [1.807, 2.05) is 0 Å². The summed E-state index contributed by atoms with van der Waals surface area (Å²) in [6.07, 6.45) is 0. The summed E-state index contributed by atoms with van der Waals surface area (Å²) in [7, 11) is -3.68. The van der Waals surface area contributed by atoms with Crippen LogP contribution in [-0.2, 0) is 14.8 Å². The third-order valence-corrected chi connectivity index (χ3v) is 6.11. The van der Waals surface area contributed by atoms with Gasteiger partial charge in [0.25, 0.3) is 5.91 Å². The van der Waals surface area contributed by atoms with Gasteiger partial charge >= 0.3 is 0 Å². The van der Waals surface area contributed by atoms with E-state index in [9.17, 15) is 13.2 Å². The number of amides is 1. The van der Waals surface area contributed by atoms with Gasteiger partial charge in [-0.2, -0.15) is 4.31 Å². The van der Waals surface area contributed by atoms with Gasteiger partial charge in [0.15, 0.2) is 0 Å². The number of carbonyl (C=O) groups is 1. The SMILES string of the molecule is CC(C)(N)CNC(=O)c1sccc1S(=O)(=O)N1CCOCC1. The zero-order valence-corrected chi connectivity index (χ0v) is 14.3. The topological polar surface area (TPSA) is 102 Å². The Morgan fingerprint density at radius 1 is 1.45 bits per heavy atom. The van der Waals surface area contributed by atoms with Crippen LogP contribution in [0.25, 0.3) is 0 Å². The van der Waals surface area contributed by atoms with Gasteiger partial charge in [-0.3, -0.25) is 4.79 Å². The number of thiophene rings is 1. The Hall–Kier alpha value is -1.00. The third kappa shape index (κ3) is 4.05. The molecule has 1 aromatic heterocycles. The van der Waals surface area contributed by atoms with Crippen molar-refractivity contribution in [1.29, 1.82) is 0 Å². The first-order valence-corrected chi connectivity index (χ1v) is 9.26. The van der Waals surface area contributed by atoms with Crippen molar-refractivity contribution in [2.75, 3.05) is 32.8 Å². The standard InChI is InChI=1S/C13H21N3O4S2/c1-13(2,14)9-15-12(17)11-10(3-8-21-11)22(18,19)16-4-6-20-7-5-16/h3,8H,4-7,9,14H2,1-2H3,(H,15,17). The van der Waals surface area contributed by atoms with E-state index in [0.717, 1.165) is 11.3 Å². The molecule has 1 aliphatic heterocycles. The van der Waals surface area contributed by atoms with Crippen LogP contribution in [0.1, 0.15) is 23.5 Å². The van der Waals surface area contributed by atoms with Gasteiger partial charge in [-0.25, -0.2) is 8.42 Å². The van der Waals surface area contributed by atoms with Crippen LogP contribution in [0.15, 0.2) is 16.3 Å². The van der Waals surface area contributed by atoms with Crippen molar-refractivity contribution in [2.24, 2.45) is 5.73 Å². The lowest BCUT2D eigenvalue weighted by atomic mass is 10.1. The highest BCUT2D eigenvalue weighted by Gasteiger charge is 2.31. The highest BCUT2D eigenvalue weighted by molar-refractivity contribution is 7.89. The first-order chi connectivity index (χ1) is 10.2. The fourth-order valence-electron chi connectivity index (χ4n) is 1.98. The number of nitrogens with zero attached hydrogens (tertiary/aromatic N) is 1. The van der Waals surface area contributed by atoms with Crippen LogP contribution in [-0.4, -0.2) is 57.0 Å². The molecule has 22 heavy (non-hydrogen) atoms. The fourth-order valence-corrected chi connectivity index (χ4v) is 4.71. The Kier molecular flexibility index (Phi) is 5.23. The van der Waals surface area contributed by atoms with Crippen LogP contribution >= 0.6 is 11.3 Å². The lowest BCUT2D eigenvalue weighted by molar-refractivity contribution is 0.0730. The number of sulfonamides is 1. The molecule has 0 aliphatic carbocycles. The average Bonchev–Trinajstić information content (AvgIpc) is 2.95. The second-order valence-corrected chi connectivity index (χ2v) is 8.62. The minimum absolute atomic E-state index is 0.0479. The minimum atomic E-state index is -3.68. The molecule has 3 N–H and O–H groups in total. The van der Waals surface area contributed by atoms with Crippen molar-refractivity contribution < 1.29 is 17.9 Å². The van der Waals surface area contributed by atoms with Gasteiger partial charge in [0.05, 0.1) is 13.2 Å². The van der Waals surface area contributed by atoms with Crippen LogP contribution in [0.4, 0.5) is 0 Å². The van der Waals surface area contributed by atoms with Gasteiger partial charge in [0.1, 0.15) is 9.77 Å². The van der Waals surface area contributed by atoms with E-state index in [1.54, 1.807) is 19.2 Å². The summed E-state index contributed by atoms with van der Waals surface area (Å²) < 4.78 is 31.8. The van der Waals surface area contributed by atoms with Gasteiger partial charge in [-0.1, -0.05) is 0 Å². The van der Waals surface area contributed by atoms with Gasteiger partial charge < -0.3 is 15.8 Å². The molecular formula is C13H21N3O4S2. The molecule has 0 unspecified atom stereocenters. The monoisotopic (exact) mass is 347 g/mol. The van der Waals surface area contributed by atoms with Crippen molar-refractivity contribution in [3.8, 4) is 0 Å². The van der Waals surface area contributed by atoms with E-state index < -0.39 is 21.5 Å². The molecule has 124 valence electrons. The molecule has 0 spiro atoms. The number of nitrogens with one attached hydrogen (secondary N) is 1. The van der Waals surface area contributed by atoms with E-state index in [0.29, 0.717) is 26.3 Å². The molecule has 0 saturated carbocycles. The molecule has 1 amide bonds. The molecule has 9 heteroatoms. The van der Waals surface area contributed by atoms with E-state index in [-0.39, 0.29) is 16.3 Å². The summed E-state index contributed by atoms with van der Waals surface area (Å²) in [5.74, 6) is -0.416. The quantitative estimate of drug-likeness (QED) is 0.794. The number of morpholine rings is 1. The smallest absolute Gasteiger partial charge is 0.262 e. The Bertz CT molecular complexity index is 628. The van der Waals surface area contributed by atoms with Gasteiger partial charge in [0.2, 0.25) is 10.0 Å². The molecular weight excluding hydrogens is 326 g/mol. The number of hydrogen-bond acceptors (Lipinski definition) is 6. The van der Waals surface area contributed by atoms with Crippen LogP contribution < -0.4 is 11.1 Å². The highest BCUT2D eigenvalue weighted by atomic mass is 32.2. The summed E-state index contributed by atoms with van der Waals surface area (Å²) in [6, 6.07) is 1.47. The minimum Gasteiger partial charge on any atom is -0.379 e. The molecule has 1 saturated heterocycles. The van der Waals surface area contributed by atoms with Crippen molar-refractivity contribution in [3.63, 3.8) is 0 Å². The van der Waals surface area contributed by atoms with E-state index >= 15 is 0 Å². The summed E-state index contributed by atoms with van der Waals surface area (Å²) in [4.78, 5) is 12.5. The predicted octanol–water partition coefficient (Wildman–Crippen LogP) is 0.236. The van der Waals surface area contributed by atoms with Gasteiger partial charge in [0, 0.05) is 25.2 Å². The number of carbonyl (C=O) groups excluding carboxylic acids is 1. The lowest BCUT2D eigenvalue weighted by Crippen LogP contribution is -2.45. The second kappa shape index (κ2) is 6.63. The summed E-state index contributed by atoms with van der Waals surface area (Å²) in [5.41, 5.74) is 5.27. The van der Waals surface area contributed by atoms with Gasteiger partial charge in [-0.05, 0) is 25.3 Å². The van der Waals surface area contributed by atoms with Gasteiger partial charge in [-0.15, -0.1) is 11.3 Å². The zero-order valence-electron chi connectivity index (χ0n) is 12.7. The van der Waals surface area contributed by atoms with Crippen molar-refractivity contribution in [3.05, 3.63) is 16.3 Å². The number of hydrogen-bond donors (Lipinski definition) is 2. The van der Waals surface area contributed by atoms with Crippen LogP contribution in [0.5, 0.6) is 0 Å². The largest absolute Gasteiger partial charge is 0.379 e. The summed E-state index contributed by atoms with van der Waals surface area (Å²) in [5, 5.41) is 4.29. The average molecular weight is 347 g/mol. The number of ether oxygens (including phenoxy) is 1. The van der Waals surface area contributed by atoms with Crippen LogP contribution in [0, 0.1) is 0 Å². The maximum Gasteiger partial charge on any atom is 0.262 e. The molecule has 2 rings (SSSR count). The zero-order chi connectivity index (χ0) is 16.4. The maximum atomic E-state index is 12.6. The van der Waals surface area contributed by atoms with E-state index in [2.05, 4.69) is 5.32 Å². The Balaban J connectivity index is 2.19. The Morgan fingerprint density at radius 3 is 2.68 bits per heavy atom. The van der Waals surface area contributed by atoms with Crippen molar-refractivity contribution >= 4 is 27.3 Å².